The summed E-state index contributed by atoms with van der Waals surface area (Å²) in [7, 11) is 0. The highest BCUT2D eigenvalue weighted by atomic mass is 17.4. The molecule has 0 aromatic heterocycles. The summed E-state index contributed by atoms with van der Waals surface area (Å²) in [6, 6.07) is 7.59. The van der Waals surface area contributed by atoms with Gasteiger partial charge in [0, 0.05) is 6.42 Å². The fourth-order valence-corrected chi connectivity index (χ4v) is 5.89. The molecule has 2 aromatic rings. The molecule has 8 heteroatoms. The summed E-state index contributed by atoms with van der Waals surface area (Å²) in [6.45, 7) is 30.4. The Hall–Kier alpha value is -3.10. The highest BCUT2D eigenvalue weighted by Crippen LogP contribution is 2.43. The SMILES string of the molecule is CC(C)(C)CC(Cc1cc(C(C)(C)C)c(O)c(C(C)(C)C)c1)C(=O)OOC(=O)C1(Cc2cc(C(C)(C)C)c(O)c(C(C)(C)C)c2)OO1. The predicted molar refractivity (Wildman–Crippen MR) is 183 cm³/mol. The van der Waals surface area contributed by atoms with E-state index in [1.165, 1.54) is 0 Å². The number of carbonyl (C=O) groups excluding carboxylic acids is 2. The number of rotatable bonds is 7. The summed E-state index contributed by atoms with van der Waals surface area (Å²) in [6.07, 6.45) is 0.799. The number of phenols is 2. The van der Waals surface area contributed by atoms with E-state index < -0.39 is 23.6 Å². The molecule has 1 unspecified atom stereocenters. The van der Waals surface area contributed by atoms with Crippen LogP contribution in [0.4, 0.5) is 0 Å². The quantitative estimate of drug-likeness (QED) is 0.173. The lowest BCUT2D eigenvalue weighted by Gasteiger charge is -2.29. The number of hydrogen-bond donors (Lipinski definition) is 2. The molecule has 2 aromatic carbocycles. The van der Waals surface area contributed by atoms with Crippen LogP contribution in [0.3, 0.4) is 0 Å². The average Bonchev–Trinajstić information content (AvgIpc) is 3.65. The normalized spacial score (nSPS) is 16.1. The van der Waals surface area contributed by atoms with Gasteiger partial charge in [-0.2, -0.15) is 9.78 Å². The third-order valence-corrected chi connectivity index (χ3v) is 8.48. The molecule has 1 saturated heterocycles. The molecule has 1 fully saturated rings. The first-order chi connectivity index (χ1) is 21.0. The Morgan fingerprint density at radius 1 is 0.638 bits per heavy atom. The van der Waals surface area contributed by atoms with Crippen LogP contribution in [0.15, 0.2) is 24.3 Å². The second-order valence-corrected chi connectivity index (χ2v) is 18.6. The van der Waals surface area contributed by atoms with Crippen LogP contribution in [0.2, 0.25) is 0 Å². The second kappa shape index (κ2) is 12.7. The van der Waals surface area contributed by atoms with Crippen molar-refractivity contribution >= 4 is 11.9 Å². The molecule has 262 valence electrons. The Morgan fingerprint density at radius 2 is 1.00 bits per heavy atom. The number of phenolic OH excluding ortho intramolecular Hbond substituents is 2. The van der Waals surface area contributed by atoms with Gasteiger partial charge in [-0.05, 0) is 73.3 Å². The maximum absolute atomic E-state index is 13.6. The number of hydrogen-bond acceptors (Lipinski definition) is 8. The molecule has 3 rings (SSSR count). The minimum atomic E-state index is -1.76. The van der Waals surface area contributed by atoms with Crippen molar-refractivity contribution in [2.24, 2.45) is 11.3 Å². The number of carbonyl (C=O) groups is 2. The van der Waals surface area contributed by atoms with Crippen LogP contribution >= 0.6 is 0 Å². The summed E-state index contributed by atoms with van der Waals surface area (Å²) in [5.41, 5.74) is 3.05. The summed E-state index contributed by atoms with van der Waals surface area (Å²) in [5, 5.41) is 22.3. The van der Waals surface area contributed by atoms with Gasteiger partial charge in [0.15, 0.2) is 0 Å². The summed E-state index contributed by atoms with van der Waals surface area (Å²) >= 11 is 0. The predicted octanol–water partition coefficient (Wildman–Crippen LogP) is 8.78. The second-order valence-electron chi connectivity index (χ2n) is 18.6. The first kappa shape index (κ1) is 38.3. The molecule has 8 nitrogen and oxygen atoms in total. The minimum Gasteiger partial charge on any atom is -0.507 e. The third kappa shape index (κ3) is 9.50. The highest BCUT2D eigenvalue weighted by molar-refractivity contribution is 5.81. The fourth-order valence-electron chi connectivity index (χ4n) is 5.89. The van der Waals surface area contributed by atoms with Crippen molar-refractivity contribution in [3.05, 3.63) is 57.6 Å². The topological polar surface area (TPSA) is 118 Å². The minimum absolute atomic E-state index is 0.0000871. The van der Waals surface area contributed by atoms with E-state index in [0.29, 0.717) is 18.4 Å². The maximum atomic E-state index is 13.6. The molecule has 1 atom stereocenters. The van der Waals surface area contributed by atoms with Gasteiger partial charge in [-0.15, -0.1) is 0 Å². The molecule has 0 saturated carbocycles. The first-order valence-electron chi connectivity index (χ1n) is 16.6. The smallest absolute Gasteiger partial charge is 0.420 e. The summed E-state index contributed by atoms with van der Waals surface area (Å²) < 4.78 is 0. The van der Waals surface area contributed by atoms with E-state index in [2.05, 4.69) is 0 Å². The largest absolute Gasteiger partial charge is 0.507 e. The van der Waals surface area contributed by atoms with E-state index >= 15 is 0 Å². The average molecular weight is 655 g/mol. The molecule has 1 aliphatic rings. The maximum Gasteiger partial charge on any atom is 0.420 e. The van der Waals surface area contributed by atoms with Crippen molar-refractivity contribution in [3.63, 3.8) is 0 Å². The molecule has 2 N–H and O–H groups in total. The van der Waals surface area contributed by atoms with Gasteiger partial charge in [-0.25, -0.2) is 19.4 Å². The van der Waals surface area contributed by atoms with Gasteiger partial charge in [0.1, 0.15) is 11.5 Å². The van der Waals surface area contributed by atoms with Gasteiger partial charge >= 0.3 is 17.7 Å². The van der Waals surface area contributed by atoms with Crippen LogP contribution in [0.5, 0.6) is 11.5 Å². The molecule has 1 aliphatic heterocycles. The summed E-state index contributed by atoms with van der Waals surface area (Å²) in [4.78, 5) is 47.4. The highest BCUT2D eigenvalue weighted by Gasteiger charge is 2.60. The van der Waals surface area contributed by atoms with Crippen LogP contribution in [0.1, 0.15) is 144 Å². The van der Waals surface area contributed by atoms with Crippen LogP contribution in [0.25, 0.3) is 0 Å². The Labute approximate surface area is 282 Å². The lowest BCUT2D eigenvalue weighted by molar-refractivity contribution is -0.267. The van der Waals surface area contributed by atoms with E-state index in [0.717, 1.165) is 27.8 Å². The van der Waals surface area contributed by atoms with Crippen molar-refractivity contribution < 1.29 is 39.4 Å². The van der Waals surface area contributed by atoms with Gasteiger partial charge in [0.05, 0.1) is 5.92 Å². The first-order valence-corrected chi connectivity index (χ1v) is 16.6. The Morgan fingerprint density at radius 3 is 1.32 bits per heavy atom. The third-order valence-electron chi connectivity index (χ3n) is 8.48. The fraction of sp³-hybridized carbons (Fsp3) is 0.641. The van der Waals surface area contributed by atoms with E-state index in [9.17, 15) is 19.8 Å². The molecule has 0 spiro atoms. The Balaban J connectivity index is 1.86. The van der Waals surface area contributed by atoms with Gasteiger partial charge in [-0.3, -0.25) is 0 Å². The summed E-state index contributed by atoms with van der Waals surface area (Å²) in [5.74, 6) is -3.56. The molecular formula is C39H58O8. The zero-order valence-electron chi connectivity index (χ0n) is 31.4. The van der Waals surface area contributed by atoms with E-state index in [1.54, 1.807) is 0 Å². The van der Waals surface area contributed by atoms with Crippen LogP contribution in [0, 0.1) is 11.3 Å². The molecule has 0 radical (unpaired) electrons. The van der Waals surface area contributed by atoms with Crippen LogP contribution in [-0.2, 0) is 63.6 Å². The van der Waals surface area contributed by atoms with Crippen molar-refractivity contribution in [1.82, 2.24) is 0 Å². The van der Waals surface area contributed by atoms with Gasteiger partial charge in [0.25, 0.3) is 0 Å². The number of aromatic hydroxyl groups is 2. The zero-order valence-corrected chi connectivity index (χ0v) is 31.4. The van der Waals surface area contributed by atoms with Crippen molar-refractivity contribution in [3.8, 4) is 11.5 Å². The Kier molecular flexibility index (Phi) is 10.4. The number of benzene rings is 2. The molecule has 1 heterocycles. The molecular weight excluding hydrogens is 596 g/mol. The van der Waals surface area contributed by atoms with Crippen LogP contribution < -0.4 is 0 Å². The van der Waals surface area contributed by atoms with Crippen molar-refractivity contribution in [1.29, 1.82) is 0 Å². The van der Waals surface area contributed by atoms with Gasteiger partial charge in [-0.1, -0.05) is 128 Å². The van der Waals surface area contributed by atoms with Gasteiger partial charge in [0.2, 0.25) is 0 Å². The monoisotopic (exact) mass is 654 g/mol. The van der Waals surface area contributed by atoms with Crippen molar-refractivity contribution in [2.45, 2.75) is 151 Å². The van der Waals surface area contributed by atoms with Crippen molar-refractivity contribution in [2.75, 3.05) is 0 Å². The standard InChI is InChI=1S/C39H58O8/c1-34(2,3)22-25(16-23-17-26(35(4,5)6)30(40)27(18-23)36(7,8)9)32(42)44-45-33(43)39(46-47-39)21-24-19-28(37(10,11)12)31(41)29(20-24)38(13,14)15/h17-20,25,40-41H,16,21-22H2,1-15H3. The van der Waals surface area contributed by atoms with E-state index in [-0.39, 0.29) is 45.0 Å². The molecule has 0 amide bonds. The lowest BCUT2D eigenvalue weighted by atomic mass is 9.76. The lowest BCUT2D eigenvalue weighted by Crippen LogP contribution is -2.32. The Bertz CT molecular complexity index is 1410. The molecule has 0 bridgehead atoms. The zero-order chi connectivity index (χ0) is 36.1. The van der Waals surface area contributed by atoms with E-state index in [1.807, 2.05) is 128 Å². The van der Waals surface area contributed by atoms with Gasteiger partial charge < -0.3 is 10.2 Å². The molecule has 0 aliphatic carbocycles. The molecule has 47 heavy (non-hydrogen) atoms. The van der Waals surface area contributed by atoms with E-state index in [4.69, 9.17) is 19.6 Å². The van der Waals surface area contributed by atoms with Crippen LogP contribution in [-0.4, -0.2) is 27.9 Å².